The summed E-state index contributed by atoms with van der Waals surface area (Å²) in [5.74, 6) is -0.658. The number of amides is 2. The number of para-hydroxylation sites is 1. The fraction of sp³-hybridized carbons (Fsp3) is 0.409. The number of halogens is 2. The van der Waals surface area contributed by atoms with E-state index in [9.17, 15) is 13.6 Å². The Hall–Kier alpha value is -2.51. The maximum atomic E-state index is 13.6. The highest BCUT2D eigenvalue weighted by Crippen LogP contribution is 2.24. The predicted octanol–water partition coefficient (Wildman–Crippen LogP) is 4.60. The van der Waals surface area contributed by atoms with Crippen LogP contribution < -0.4 is 16.2 Å². The van der Waals surface area contributed by atoms with Crippen molar-refractivity contribution in [3.05, 3.63) is 65.7 Å². The zero-order valence-electron chi connectivity index (χ0n) is 16.6. The molecule has 156 valence electrons. The van der Waals surface area contributed by atoms with E-state index in [1.807, 2.05) is 12.1 Å². The third-order valence-corrected chi connectivity index (χ3v) is 5.26. The molecule has 1 aliphatic rings. The van der Waals surface area contributed by atoms with Crippen LogP contribution in [0.15, 0.2) is 48.5 Å². The van der Waals surface area contributed by atoms with Crippen molar-refractivity contribution < 1.29 is 13.6 Å². The van der Waals surface area contributed by atoms with Crippen molar-refractivity contribution in [1.29, 1.82) is 0 Å². The summed E-state index contributed by atoms with van der Waals surface area (Å²) in [5, 5.41) is 2.59. The number of anilines is 1. The van der Waals surface area contributed by atoms with Gasteiger partial charge in [0.05, 0.1) is 5.69 Å². The Morgan fingerprint density at radius 1 is 1.07 bits per heavy atom. The number of rotatable bonds is 8. The third-order valence-electron chi connectivity index (χ3n) is 5.26. The molecule has 1 aliphatic heterocycles. The van der Waals surface area contributed by atoms with Crippen molar-refractivity contribution in [3.63, 3.8) is 0 Å². The molecule has 2 amide bonds. The van der Waals surface area contributed by atoms with Crippen LogP contribution in [-0.2, 0) is 0 Å². The molecule has 1 heterocycles. The van der Waals surface area contributed by atoms with E-state index < -0.39 is 5.82 Å². The summed E-state index contributed by atoms with van der Waals surface area (Å²) in [6, 6.07) is 13.0. The molecule has 5 nitrogen and oxygen atoms in total. The van der Waals surface area contributed by atoms with Crippen molar-refractivity contribution in [2.24, 2.45) is 0 Å². The van der Waals surface area contributed by atoms with E-state index in [4.69, 9.17) is 0 Å². The van der Waals surface area contributed by atoms with Gasteiger partial charge < -0.3 is 10.2 Å². The summed E-state index contributed by atoms with van der Waals surface area (Å²) < 4.78 is 26.6. The molecule has 1 fully saturated rings. The second kappa shape index (κ2) is 10.3. The molecule has 0 aliphatic carbocycles. The highest BCUT2D eigenvalue weighted by molar-refractivity contribution is 5.89. The molecule has 0 aromatic heterocycles. The lowest BCUT2D eigenvalue weighted by molar-refractivity contribution is 0.221. The number of carbonyl (C=O) groups excluding carboxylic acids is 1. The van der Waals surface area contributed by atoms with E-state index in [-0.39, 0.29) is 23.6 Å². The largest absolute Gasteiger partial charge is 0.328 e. The SMILES string of the molecule is CN(CCCCCC1CC(c2ccc(F)cc2)NN1)C(=O)Nc1ccccc1F. The van der Waals surface area contributed by atoms with Gasteiger partial charge in [-0.3, -0.25) is 10.9 Å². The number of hydrazine groups is 1. The standard InChI is InChI=1S/C22H28F2N4O/c1-28(22(29)25-20-9-5-4-8-19(20)24)14-6-2-3-7-18-15-21(27-26-18)16-10-12-17(23)13-11-16/h4-5,8-13,18,21,26-27H,2-3,6-7,14-15H2,1H3,(H,25,29). The fourth-order valence-corrected chi connectivity index (χ4v) is 3.52. The van der Waals surface area contributed by atoms with Gasteiger partial charge in [-0.1, -0.05) is 37.1 Å². The lowest BCUT2D eigenvalue weighted by Crippen LogP contribution is -2.32. The molecule has 3 N–H and O–H groups in total. The molecule has 2 aromatic carbocycles. The van der Waals surface area contributed by atoms with Gasteiger partial charge in [0.25, 0.3) is 0 Å². The smallest absolute Gasteiger partial charge is 0.321 e. The summed E-state index contributed by atoms with van der Waals surface area (Å²) in [4.78, 5) is 13.7. The van der Waals surface area contributed by atoms with Gasteiger partial charge >= 0.3 is 6.03 Å². The lowest BCUT2D eigenvalue weighted by atomic mass is 9.99. The van der Waals surface area contributed by atoms with Crippen LogP contribution in [-0.4, -0.2) is 30.6 Å². The van der Waals surface area contributed by atoms with Crippen LogP contribution in [0.1, 0.15) is 43.7 Å². The zero-order valence-corrected chi connectivity index (χ0v) is 16.6. The van der Waals surface area contributed by atoms with Gasteiger partial charge in [0.1, 0.15) is 11.6 Å². The lowest BCUT2D eigenvalue weighted by Gasteiger charge is -2.18. The highest BCUT2D eigenvalue weighted by atomic mass is 19.1. The van der Waals surface area contributed by atoms with Crippen molar-refractivity contribution in [3.8, 4) is 0 Å². The molecule has 0 spiro atoms. The van der Waals surface area contributed by atoms with E-state index in [1.54, 1.807) is 30.1 Å². The van der Waals surface area contributed by atoms with Crippen LogP contribution in [0.2, 0.25) is 0 Å². The number of urea groups is 1. The van der Waals surface area contributed by atoms with Crippen LogP contribution in [0.25, 0.3) is 0 Å². The molecule has 2 atom stereocenters. The summed E-state index contributed by atoms with van der Waals surface area (Å²) >= 11 is 0. The number of nitrogens with one attached hydrogen (secondary N) is 3. The zero-order chi connectivity index (χ0) is 20.6. The van der Waals surface area contributed by atoms with Gasteiger partial charge in [-0.05, 0) is 49.1 Å². The normalized spacial score (nSPS) is 18.6. The first kappa shape index (κ1) is 21.2. The Morgan fingerprint density at radius 3 is 2.59 bits per heavy atom. The quantitative estimate of drug-likeness (QED) is 0.566. The second-order valence-electron chi connectivity index (χ2n) is 7.51. The van der Waals surface area contributed by atoms with Gasteiger partial charge in [0.2, 0.25) is 0 Å². The van der Waals surface area contributed by atoms with E-state index in [1.165, 1.54) is 18.2 Å². The molecule has 2 unspecified atom stereocenters. The van der Waals surface area contributed by atoms with Crippen LogP contribution in [0.4, 0.5) is 19.3 Å². The van der Waals surface area contributed by atoms with Gasteiger partial charge in [-0.2, -0.15) is 0 Å². The average Bonchev–Trinajstić information content (AvgIpc) is 3.18. The third kappa shape index (κ3) is 6.24. The topological polar surface area (TPSA) is 56.4 Å². The Labute approximate surface area is 170 Å². The van der Waals surface area contributed by atoms with E-state index in [2.05, 4.69) is 16.2 Å². The molecule has 29 heavy (non-hydrogen) atoms. The predicted molar refractivity (Wildman–Crippen MR) is 110 cm³/mol. The number of hydrogen-bond donors (Lipinski definition) is 3. The molecular formula is C22H28F2N4O. The van der Waals surface area contributed by atoms with E-state index in [0.717, 1.165) is 37.7 Å². The number of hydrogen-bond acceptors (Lipinski definition) is 3. The van der Waals surface area contributed by atoms with E-state index >= 15 is 0 Å². The Bertz CT molecular complexity index is 800. The molecule has 3 rings (SSSR count). The molecule has 7 heteroatoms. The number of carbonyl (C=O) groups is 1. The van der Waals surface area contributed by atoms with Crippen LogP contribution in [0.5, 0.6) is 0 Å². The molecule has 0 bridgehead atoms. The summed E-state index contributed by atoms with van der Waals surface area (Å²) in [6.07, 6.45) is 4.96. The first-order chi connectivity index (χ1) is 14.0. The minimum Gasteiger partial charge on any atom is -0.328 e. The maximum Gasteiger partial charge on any atom is 0.321 e. The van der Waals surface area contributed by atoms with E-state index in [0.29, 0.717) is 12.6 Å². The number of unbranched alkanes of at least 4 members (excludes halogenated alkanes) is 2. The summed E-state index contributed by atoms with van der Waals surface area (Å²) in [7, 11) is 1.71. The summed E-state index contributed by atoms with van der Waals surface area (Å²) in [5.41, 5.74) is 7.88. The molecule has 0 saturated carbocycles. The Balaban J connectivity index is 1.30. The maximum absolute atomic E-state index is 13.6. The Morgan fingerprint density at radius 2 is 1.83 bits per heavy atom. The number of nitrogens with zero attached hydrogens (tertiary/aromatic N) is 1. The van der Waals surface area contributed by atoms with Crippen LogP contribution in [0, 0.1) is 11.6 Å². The molecule has 2 aromatic rings. The molecular weight excluding hydrogens is 374 g/mol. The van der Waals surface area contributed by atoms with Gasteiger partial charge in [-0.15, -0.1) is 0 Å². The average molecular weight is 402 g/mol. The van der Waals surface area contributed by atoms with Gasteiger partial charge in [0.15, 0.2) is 0 Å². The van der Waals surface area contributed by atoms with Crippen LogP contribution in [0.3, 0.4) is 0 Å². The van der Waals surface area contributed by atoms with Crippen molar-refractivity contribution in [1.82, 2.24) is 15.8 Å². The monoisotopic (exact) mass is 402 g/mol. The molecule has 0 radical (unpaired) electrons. The fourth-order valence-electron chi connectivity index (χ4n) is 3.52. The minimum absolute atomic E-state index is 0.194. The van der Waals surface area contributed by atoms with Gasteiger partial charge in [0, 0.05) is 25.7 Å². The first-order valence-electron chi connectivity index (χ1n) is 10.1. The minimum atomic E-state index is -0.439. The number of benzene rings is 2. The van der Waals surface area contributed by atoms with Crippen LogP contribution >= 0.6 is 0 Å². The summed E-state index contributed by atoms with van der Waals surface area (Å²) in [6.45, 7) is 0.620. The molecule has 1 saturated heterocycles. The Kier molecular flexibility index (Phi) is 7.55. The van der Waals surface area contributed by atoms with Crippen molar-refractivity contribution in [2.75, 3.05) is 18.9 Å². The highest BCUT2D eigenvalue weighted by Gasteiger charge is 2.24. The second-order valence-corrected chi connectivity index (χ2v) is 7.51. The van der Waals surface area contributed by atoms with Gasteiger partial charge in [-0.25, -0.2) is 13.6 Å². The van der Waals surface area contributed by atoms with Crippen molar-refractivity contribution >= 4 is 11.7 Å². The first-order valence-corrected chi connectivity index (χ1v) is 10.1. The van der Waals surface area contributed by atoms with Crippen molar-refractivity contribution in [2.45, 2.75) is 44.2 Å².